The predicted molar refractivity (Wildman–Crippen MR) is 110 cm³/mol. The summed E-state index contributed by atoms with van der Waals surface area (Å²) in [4.78, 5) is 24.7. The second kappa shape index (κ2) is 8.35. The van der Waals surface area contributed by atoms with Gasteiger partial charge in [-0.1, -0.05) is 34.8 Å². The third kappa shape index (κ3) is 4.47. The van der Waals surface area contributed by atoms with Crippen molar-refractivity contribution in [1.82, 2.24) is 10.6 Å². The van der Waals surface area contributed by atoms with E-state index in [1.54, 1.807) is 12.1 Å². The van der Waals surface area contributed by atoms with Gasteiger partial charge in [-0.2, -0.15) is 0 Å². The Kier molecular flexibility index (Phi) is 6.11. The summed E-state index contributed by atoms with van der Waals surface area (Å²) in [6.07, 6.45) is 0. The smallest absolute Gasteiger partial charge is 0.262 e. The molecule has 2 amide bonds. The lowest BCUT2D eigenvalue weighted by Gasteiger charge is -2.07. The average Bonchev–Trinajstić information content (AvgIpc) is 2.95. The molecule has 3 N–H and O–H groups in total. The highest BCUT2D eigenvalue weighted by Crippen LogP contribution is 2.41. The Balaban J connectivity index is 1.59. The predicted octanol–water partition coefficient (Wildman–Crippen LogP) is 4.73. The van der Waals surface area contributed by atoms with Crippen LogP contribution < -0.4 is 10.6 Å². The lowest BCUT2D eigenvalue weighted by atomic mass is 10.2. The van der Waals surface area contributed by atoms with Gasteiger partial charge < -0.3 is 15.7 Å². The number of phenols is 1. The highest BCUT2D eigenvalue weighted by molar-refractivity contribution is 7.21. The van der Waals surface area contributed by atoms with E-state index in [2.05, 4.69) is 10.6 Å². The zero-order chi connectivity index (χ0) is 19.6. The first kappa shape index (κ1) is 19.8. The minimum atomic E-state index is -0.354. The van der Waals surface area contributed by atoms with Crippen molar-refractivity contribution in [3.05, 3.63) is 61.9 Å². The minimum Gasteiger partial charge on any atom is -0.508 e. The number of hydrogen-bond donors (Lipinski definition) is 3. The second-order valence-electron chi connectivity index (χ2n) is 5.56. The molecule has 0 spiro atoms. The SMILES string of the molecule is O=C(NCCNC(=O)c1sc2cc(Cl)cc(Cl)c2c1Cl)c1ccc(O)cc1. The number of carbonyl (C=O) groups is 2. The van der Waals surface area contributed by atoms with Crippen molar-refractivity contribution in [3.63, 3.8) is 0 Å². The topological polar surface area (TPSA) is 78.4 Å². The first-order chi connectivity index (χ1) is 12.9. The summed E-state index contributed by atoms with van der Waals surface area (Å²) in [6, 6.07) is 9.15. The van der Waals surface area contributed by atoms with Gasteiger partial charge in [0.2, 0.25) is 0 Å². The van der Waals surface area contributed by atoms with E-state index in [0.717, 1.165) is 4.70 Å². The van der Waals surface area contributed by atoms with Crippen molar-refractivity contribution in [2.24, 2.45) is 0 Å². The number of halogens is 3. The van der Waals surface area contributed by atoms with Crippen LogP contribution in [0.15, 0.2) is 36.4 Å². The van der Waals surface area contributed by atoms with Gasteiger partial charge >= 0.3 is 0 Å². The molecule has 1 heterocycles. The monoisotopic (exact) mass is 442 g/mol. The van der Waals surface area contributed by atoms with E-state index in [1.807, 2.05) is 0 Å². The average molecular weight is 444 g/mol. The number of rotatable bonds is 5. The number of thiophene rings is 1. The molecule has 140 valence electrons. The molecule has 3 aromatic rings. The Morgan fingerprint density at radius 1 is 0.963 bits per heavy atom. The lowest BCUT2D eigenvalue weighted by molar-refractivity contribution is 0.0929. The molecule has 5 nitrogen and oxygen atoms in total. The molecule has 0 fully saturated rings. The minimum absolute atomic E-state index is 0.0837. The normalized spacial score (nSPS) is 10.8. The zero-order valence-electron chi connectivity index (χ0n) is 13.7. The molecular weight excluding hydrogens is 431 g/mol. The number of fused-ring (bicyclic) bond motifs is 1. The van der Waals surface area contributed by atoms with Crippen molar-refractivity contribution in [2.75, 3.05) is 13.1 Å². The molecule has 27 heavy (non-hydrogen) atoms. The Morgan fingerprint density at radius 3 is 2.26 bits per heavy atom. The van der Waals surface area contributed by atoms with E-state index < -0.39 is 0 Å². The van der Waals surface area contributed by atoms with Crippen molar-refractivity contribution in [3.8, 4) is 5.75 Å². The summed E-state index contributed by atoms with van der Waals surface area (Å²) in [5.41, 5.74) is 0.415. The van der Waals surface area contributed by atoms with Crippen molar-refractivity contribution in [2.45, 2.75) is 0 Å². The Morgan fingerprint density at radius 2 is 1.59 bits per heavy atom. The molecule has 3 rings (SSSR count). The Labute approximate surface area is 173 Å². The highest BCUT2D eigenvalue weighted by atomic mass is 35.5. The maximum absolute atomic E-state index is 12.4. The van der Waals surface area contributed by atoms with Crippen LogP contribution in [0.5, 0.6) is 5.75 Å². The molecule has 0 aliphatic rings. The number of aromatic hydroxyl groups is 1. The van der Waals surface area contributed by atoms with Gasteiger partial charge in [-0.3, -0.25) is 9.59 Å². The fourth-order valence-corrected chi connectivity index (χ4v) is 4.70. The summed E-state index contributed by atoms with van der Waals surface area (Å²) in [7, 11) is 0. The van der Waals surface area contributed by atoms with Crippen LogP contribution in [-0.4, -0.2) is 30.0 Å². The van der Waals surface area contributed by atoms with Gasteiger partial charge in [0.05, 0.1) is 10.0 Å². The van der Waals surface area contributed by atoms with Crippen LogP contribution in [0.3, 0.4) is 0 Å². The van der Waals surface area contributed by atoms with E-state index in [1.165, 1.54) is 35.6 Å². The maximum Gasteiger partial charge on any atom is 0.262 e. The van der Waals surface area contributed by atoms with E-state index in [0.29, 0.717) is 25.9 Å². The molecule has 0 aliphatic carbocycles. The number of phenolic OH excluding ortho intramolecular Hbond substituents is 1. The van der Waals surface area contributed by atoms with Crippen molar-refractivity contribution >= 4 is 68.0 Å². The summed E-state index contributed by atoms with van der Waals surface area (Å²) in [5.74, 6) is -0.571. The van der Waals surface area contributed by atoms with Gasteiger partial charge in [-0.25, -0.2) is 0 Å². The summed E-state index contributed by atoms with van der Waals surface area (Å²) in [6.45, 7) is 0.461. The fourth-order valence-electron chi connectivity index (χ4n) is 2.41. The first-order valence-corrected chi connectivity index (χ1v) is 9.74. The van der Waals surface area contributed by atoms with E-state index in [-0.39, 0.29) is 35.7 Å². The van der Waals surface area contributed by atoms with Crippen LogP contribution in [0.25, 0.3) is 10.1 Å². The standard InChI is InChI=1S/C18H13Cl3N2O3S/c19-10-7-12(20)14-13(8-10)27-16(15(14)21)18(26)23-6-5-22-17(25)9-1-3-11(24)4-2-9/h1-4,7-8,24H,5-6H2,(H,22,25)(H,23,26). The van der Waals surface area contributed by atoms with Crippen LogP contribution in [-0.2, 0) is 0 Å². The number of benzene rings is 2. The summed E-state index contributed by atoms with van der Waals surface area (Å²) >= 11 is 19.6. The number of amides is 2. The van der Waals surface area contributed by atoms with E-state index in [4.69, 9.17) is 34.8 Å². The van der Waals surface area contributed by atoms with E-state index in [9.17, 15) is 14.7 Å². The second-order valence-corrected chi connectivity index (χ2v) is 7.84. The molecule has 0 bridgehead atoms. The molecule has 0 saturated carbocycles. The fraction of sp³-hybridized carbons (Fsp3) is 0.111. The van der Waals surface area contributed by atoms with Gasteiger partial charge in [-0.15, -0.1) is 11.3 Å². The third-order valence-corrected chi connectivity index (χ3v) is 5.82. The molecule has 9 heteroatoms. The summed E-state index contributed by atoms with van der Waals surface area (Å²) < 4.78 is 0.725. The first-order valence-electron chi connectivity index (χ1n) is 7.79. The van der Waals surface area contributed by atoms with Crippen LogP contribution in [0.4, 0.5) is 0 Å². The number of hydrogen-bond acceptors (Lipinski definition) is 4. The Bertz CT molecular complexity index is 1020. The van der Waals surface area contributed by atoms with E-state index >= 15 is 0 Å². The quantitative estimate of drug-likeness (QED) is 0.499. The molecule has 0 aliphatic heterocycles. The van der Waals surface area contributed by atoms with Crippen LogP contribution in [0.2, 0.25) is 15.1 Å². The molecule has 0 unspecified atom stereocenters. The molecule has 1 aromatic heterocycles. The molecule has 0 radical (unpaired) electrons. The van der Waals surface area contributed by atoms with Gasteiger partial charge in [0.1, 0.15) is 10.6 Å². The molecule has 2 aromatic carbocycles. The molecule has 0 atom stereocenters. The third-order valence-electron chi connectivity index (χ3n) is 3.68. The maximum atomic E-state index is 12.4. The van der Waals surface area contributed by atoms with Crippen LogP contribution in [0, 0.1) is 0 Å². The van der Waals surface area contributed by atoms with Gasteiger partial charge in [0.25, 0.3) is 11.8 Å². The zero-order valence-corrected chi connectivity index (χ0v) is 16.8. The van der Waals surface area contributed by atoms with Gasteiger partial charge in [0.15, 0.2) is 0 Å². The van der Waals surface area contributed by atoms with Gasteiger partial charge in [0, 0.05) is 33.8 Å². The van der Waals surface area contributed by atoms with Crippen molar-refractivity contribution in [1.29, 1.82) is 0 Å². The van der Waals surface area contributed by atoms with Gasteiger partial charge in [-0.05, 0) is 36.4 Å². The number of nitrogens with one attached hydrogen (secondary N) is 2. The number of carbonyl (C=O) groups excluding carboxylic acids is 2. The lowest BCUT2D eigenvalue weighted by Crippen LogP contribution is -2.34. The van der Waals surface area contributed by atoms with Crippen LogP contribution in [0.1, 0.15) is 20.0 Å². The van der Waals surface area contributed by atoms with Crippen molar-refractivity contribution < 1.29 is 14.7 Å². The van der Waals surface area contributed by atoms with Crippen LogP contribution >= 0.6 is 46.1 Å². The molecular formula is C18H13Cl3N2O3S. The Hall–Kier alpha value is -1.99. The summed E-state index contributed by atoms with van der Waals surface area (Å²) in [5, 5.41) is 16.3. The largest absolute Gasteiger partial charge is 0.508 e. The highest BCUT2D eigenvalue weighted by Gasteiger charge is 2.19. The molecule has 0 saturated heterocycles.